The highest BCUT2D eigenvalue weighted by molar-refractivity contribution is 5.81. The van der Waals surface area contributed by atoms with Crippen LogP contribution >= 0.6 is 0 Å². The van der Waals surface area contributed by atoms with Crippen LogP contribution in [0.1, 0.15) is 11.1 Å². The summed E-state index contributed by atoms with van der Waals surface area (Å²) >= 11 is 0. The maximum atomic E-state index is 5.87. The maximum absolute atomic E-state index is 5.87. The molecule has 6 aromatic rings. The van der Waals surface area contributed by atoms with E-state index in [0.29, 0.717) is 11.8 Å². The Kier molecular flexibility index (Phi) is 4.22. The molecule has 2 aromatic heterocycles. The third-order valence-corrected chi connectivity index (χ3v) is 5.55. The van der Waals surface area contributed by atoms with E-state index in [-0.39, 0.29) is 0 Å². The summed E-state index contributed by atoms with van der Waals surface area (Å²) in [5, 5.41) is 0. The van der Waals surface area contributed by atoms with E-state index in [0.717, 1.165) is 50.0 Å². The van der Waals surface area contributed by atoms with Crippen molar-refractivity contribution >= 4 is 27.8 Å². The molecule has 0 spiro atoms. The lowest BCUT2D eigenvalue weighted by Crippen LogP contribution is -1.87. The number of benzene rings is 4. The highest BCUT2D eigenvalue weighted by Gasteiger charge is 2.11. The van der Waals surface area contributed by atoms with Crippen molar-refractivity contribution in [2.45, 2.75) is 0 Å². The van der Waals surface area contributed by atoms with E-state index in [2.05, 4.69) is 16.5 Å². The predicted molar refractivity (Wildman–Crippen MR) is 127 cm³/mol. The number of oxazole rings is 2. The molecule has 0 saturated heterocycles. The van der Waals surface area contributed by atoms with Crippen LogP contribution in [-0.4, -0.2) is 9.97 Å². The first-order valence-electron chi connectivity index (χ1n) is 10.4. The largest absolute Gasteiger partial charge is 0.436 e. The molecule has 4 aromatic carbocycles. The van der Waals surface area contributed by atoms with Gasteiger partial charge in [0.15, 0.2) is 11.2 Å². The third-order valence-electron chi connectivity index (χ3n) is 5.55. The molecule has 0 radical (unpaired) electrons. The number of fused-ring (bicyclic) bond motifs is 2. The molecule has 0 saturated carbocycles. The van der Waals surface area contributed by atoms with Crippen LogP contribution < -0.4 is 0 Å². The van der Waals surface area contributed by atoms with Crippen LogP contribution in [0.25, 0.3) is 50.7 Å². The summed E-state index contributed by atoms with van der Waals surface area (Å²) in [5.74, 6) is 1.23. The molecule has 0 aliphatic heterocycles. The molecule has 0 atom stereocenters. The molecule has 4 heteroatoms. The molecule has 0 bridgehead atoms. The van der Waals surface area contributed by atoms with Crippen molar-refractivity contribution in [1.82, 2.24) is 9.97 Å². The van der Waals surface area contributed by atoms with Gasteiger partial charge in [0.2, 0.25) is 11.8 Å². The first kappa shape index (κ1) is 18.3. The molecule has 0 N–H and O–H groups in total. The van der Waals surface area contributed by atoms with E-state index in [1.807, 2.05) is 97.1 Å². The molecule has 4 nitrogen and oxygen atoms in total. The normalized spacial score (nSPS) is 11.2. The topological polar surface area (TPSA) is 52.1 Å². The van der Waals surface area contributed by atoms with Crippen LogP contribution in [0.3, 0.4) is 0 Å². The van der Waals surface area contributed by atoms with E-state index in [9.17, 15) is 0 Å². The number of para-hydroxylation sites is 4. The maximum Gasteiger partial charge on any atom is 0.227 e. The Labute approximate surface area is 184 Å². The zero-order valence-corrected chi connectivity index (χ0v) is 17.2. The van der Waals surface area contributed by atoms with E-state index >= 15 is 0 Å². The zero-order chi connectivity index (χ0) is 21.5. The lowest BCUT2D eigenvalue weighted by molar-refractivity contribution is 0.619. The van der Waals surface area contributed by atoms with Crippen molar-refractivity contribution in [2.24, 2.45) is 0 Å². The van der Waals surface area contributed by atoms with Gasteiger partial charge in [-0.2, -0.15) is 0 Å². The van der Waals surface area contributed by atoms with E-state index in [1.165, 1.54) is 0 Å². The summed E-state index contributed by atoms with van der Waals surface area (Å²) in [7, 11) is 0. The number of hydrogen-bond acceptors (Lipinski definition) is 4. The van der Waals surface area contributed by atoms with Crippen molar-refractivity contribution in [2.75, 3.05) is 0 Å². The summed E-state index contributed by atoms with van der Waals surface area (Å²) in [5.41, 5.74) is 8.18. The van der Waals surface area contributed by atoms with Gasteiger partial charge in [-0.1, -0.05) is 55.1 Å². The second kappa shape index (κ2) is 7.36. The third kappa shape index (κ3) is 3.19. The van der Waals surface area contributed by atoms with Gasteiger partial charge in [-0.25, -0.2) is 9.97 Å². The molecule has 152 valence electrons. The Balaban J connectivity index is 1.24. The van der Waals surface area contributed by atoms with Gasteiger partial charge in [-0.3, -0.25) is 0 Å². The zero-order valence-electron chi connectivity index (χ0n) is 17.2. The fourth-order valence-electron chi connectivity index (χ4n) is 3.79. The Morgan fingerprint density at radius 3 is 1.34 bits per heavy atom. The molecule has 0 unspecified atom stereocenters. The number of aromatic nitrogens is 2. The minimum atomic E-state index is 0.617. The van der Waals surface area contributed by atoms with Crippen molar-refractivity contribution in [1.29, 1.82) is 0 Å². The second-order valence-electron chi connectivity index (χ2n) is 7.61. The summed E-state index contributed by atoms with van der Waals surface area (Å²) in [6.07, 6.45) is 0. The van der Waals surface area contributed by atoms with E-state index in [1.54, 1.807) is 0 Å². The standard InChI is InChI=1S/C28H18N2O2/c1-18(19-10-14-21(15-11-19)27-29-23-6-2-4-8-25(23)31-27)20-12-16-22(17-13-20)28-30-24-7-3-5-9-26(24)32-28/h2-17H,1H2. The lowest BCUT2D eigenvalue weighted by Gasteiger charge is -2.07. The molecule has 0 aliphatic carbocycles. The minimum Gasteiger partial charge on any atom is -0.436 e. The summed E-state index contributed by atoms with van der Waals surface area (Å²) < 4.78 is 11.7. The number of nitrogens with zero attached hydrogens (tertiary/aromatic N) is 2. The molecule has 32 heavy (non-hydrogen) atoms. The van der Waals surface area contributed by atoms with Crippen molar-refractivity contribution in [3.8, 4) is 22.9 Å². The van der Waals surface area contributed by atoms with Crippen molar-refractivity contribution < 1.29 is 8.83 Å². The smallest absolute Gasteiger partial charge is 0.227 e. The number of hydrogen-bond donors (Lipinski definition) is 0. The average molecular weight is 414 g/mol. The monoisotopic (exact) mass is 414 g/mol. The number of rotatable bonds is 4. The molecule has 0 aliphatic rings. The fourth-order valence-corrected chi connectivity index (χ4v) is 3.79. The van der Waals surface area contributed by atoms with Gasteiger partial charge in [0.25, 0.3) is 0 Å². The Morgan fingerprint density at radius 1 is 0.531 bits per heavy atom. The molecule has 0 fully saturated rings. The van der Waals surface area contributed by atoms with Crippen LogP contribution in [0.15, 0.2) is 112 Å². The SMILES string of the molecule is C=C(c1ccc(-c2nc3ccccc3o2)cc1)c1ccc(-c2nc3ccccc3o2)cc1. The summed E-state index contributed by atoms with van der Waals surface area (Å²) in [6, 6.07) is 31.8. The summed E-state index contributed by atoms with van der Waals surface area (Å²) in [4.78, 5) is 9.13. The van der Waals surface area contributed by atoms with Crippen LogP contribution in [0.2, 0.25) is 0 Å². The molecular weight excluding hydrogens is 396 g/mol. The Hall–Kier alpha value is -4.44. The summed E-state index contributed by atoms with van der Waals surface area (Å²) in [6.45, 7) is 4.29. The highest BCUT2D eigenvalue weighted by Crippen LogP contribution is 2.29. The molecule has 2 heterocycles. The minimum absolute atomic E-state index is 0.617. The van der Waals surface area contributed by atoms with Gasteiger partial charge < -0.3 is 8.83 Å². The lowest BCUT2D eigenvalue weighted by atomic mass is 9.97. The van der Waals surface area contributed by atoms with Gasteiger partial charge in [0, 0.05) is 11.1 Å². The molecular formula is C28H18N2O2. The van der Waals surface area contributed by atoms with Crippen LogP contribution in [0, 0.1) is 0 Å². The van der Waals surface area contributed by atoms with Gasteiger partial charge in [-0.15, -0.1) is 0 Å². The highest BCUT2D eigenvalue weighted by atomic mass is 16.4. The van der Waals surface area contributed by atoms with E-state index < -0.39 is 0 Å². The average Bonchev–Trinajstić information content (AvgIpc) is 3.48. The van der Waals surface area contributed by atoms with Crippen molar-refractivity contribution in [3.63, 3.8) is 0 Å². The van der Waals surface area contributed by atoms with Crippen LogP contribution in [-0.2, 0) is 0 Å². The molecule has 0 amide bonds. The van der Waals surface area contributed by atoms with Gasteiger partial charge >= 0.3 is 0 Å². The van der Waals surface area contributed by atoms with E-state index in [4.69, 9.17) is 8.83 Å². The molecule has 6 rings (SSSR count). The van der Waals surface area contributed by atoms with Crippen LogP contribution in [0.5, 0.6) is 0 Å². The Bertz CT molecular complexity index is 1390. The van der Waals surface area contributed by atoms with Gasteiger partial charge in [0.1, 0.15) is 11.0 Å². The Morgan fingerprint density at radius 2 is 0.938 bits per heavy atom. The first-order chi connectivity index (χ1) is 15.7. The second-order valence-corrected chi connectivity index (χ2v) is 7.61. The van der Waals surface area contributed by atoms with Crippen LogP contribution in [0.4, 0.5) is 0 Å². The first-order valence-corrected chi connectivity index (χ1v) is 10.4. The van der Waals surface area contributed by atoms with Gasteiger partial charge in [-0.05, 0) is 65.2 Å². The fraction of sp³-hybridized carbons (Fsp3) is 0. The van der Waals surface area contributed by atoms with Gasteiger partial charge in [0.05, 0.1) is 0 Å². The quantitative estimate of drug-likeness (QED) is 0.302. The predicted octanol–water partition coefficient (Wildman–Crippen LogP) is 7.36. The van der Waals surface area contributed by atoms with Crippen molar-refractivity contribution in [3.05, 3.63) is 115 Å².